The molecule has 1 aromatic rings. The fourth-order valence-corrected chi connectivity index (χ4v) is 2.43. The molecular weight excluding hydrogens is 244 g/mol. The molecule has 1 fully saturated rings. The van der Waals surface area contributed by atoms with Crippen LogP contribution in [0.15, 0.2) is 24.3 Å². The second-order valence-electron chi connectivity index (χ2n) is 4.76. The van der Waals surface area contributed by atoms with Crippen molar-refractivity contribution in [2.45, 2.75) is 24.9 Å². The molecule has 0 aromatic heterocycles. The number of Topliss-reactive ketones (excluding diaryl/α,β-unsaturated/α-hetero) is 1. The largest absolute Gasteiger partial charge is 0.497 e. The van der Waals surface area contributed by atoms with Crippen molar-refractivity contribution in [3.05, 3.63) is 29.8 Å². The number of ketones is 1. The summed E-state index contributed by atoms with van der Waals surface area (Å²) in [6, 6.07) is 7.59. The van der Waals surface area contributed by atoms with E-state index in [-0.39, 0.29) is 5.78 Å². The van der Waals surface area contributed by atoms with E-state index in [4.69, 9.17) is 14.2 Å². The third-order valence-electron chi connectivity index (χ3n) is 3.70. The summed E-state index contributed by atoms with van der Waals surface area (Å²) in [5, 5.41) is 0. The van der Waals surface area contributed by atoms with E-state index in [9.17, 15) is 4.79 Å². The van der Waals surface area contributed by atoms with Gasteiger partial charge in [-0.1, -0.05) is 12.1 Å². The van der Waals surface area contributed by atoms with E-state index in [0.717, 1.165) is 11.3 Å². The third-order valence-corrected chi connectivity index (χ3v) is 3.70. The fourth-order valence-electron chi connectivity index (χ4n) is 2.43. The Morgan fingerprint density at radius 1 is 1.32 bits per heavy atom. The first-order valence-electron chi connectivity index (χ1n) is 6.49. The summed E-state index contributed by atoms with van der Waals surface area (Å²) in [6.07, 6.45) is 1.63. The van der Waals surface area contributed by atoms with Crippen LogP contribution < -0.4 is 4.74 Å². The standard InChI is InChI=1S/C15H20O4/c1-17-13-5-3-4-12(10-13)11-14(16)15(18-2)6-8-19-9-7-15/h3-5,10H,6-9,11H2,1-2H3. The maximum Gasteiger partial charge on any atom is 0.169 e. The molecular formula is C15H20O4. The molecule has 0 spiro atoms. The van der Waals surface area contributed by atoms with E-state index < -0.39 is 5.60 Å². The Hall–Kier alpha value is -1.39. The molecule has 2 rings (SSSR count). The lowest BCUT2D eigenvalue weighted by atomic mass is 9.86. The second-order valence-corrected chi connectivity index (χ2v) is 4.76. The predicted octanol–water partition coefficient (Wildman–Crippen LogP) is 2.00. The highest BCUT2D eigenvalue weighted by Gasteiger charge is 2.39. The first kappa shape index (κ1) is 14.0. The van der Waals surface area contributed by atoms with Crippen LogP contribution in [0.4, 0.5) is 0 Å². The van der Waals surface area contributed by atoms with Gasteiger partial charge in [0.15, 0.2) is 5.78 Å². The number of carbonyl (C=O) groups excluding carboxylic acids is 1. The normalized spacial score (nSPS) is 18.0. The molecule has 4 heteroatoms. The summed E-state index contributed by atoms with van der Waals surface area (Å²) >= 11 is 0. The zero-order valence-electron chi connectivity index (χ0n) is 11.5. The lowest BCUT2D eigenvalue weighted by molar-refractivity contribution is -0.151. The molecule has 0 bridgehead atoms. The van der Waals surface area contributed by atoms with Gasteiger partial charge in [0.2, 0.25) is 0 Å². The number of methoxy groups -OCH3 is 2. The van der Waals surface area contributed by atoms with Crippen molar-refractivity contribution in [2.75, 3.05) is 27.4 Å². The van der Waals surface area contributed by atoms with Crippen molar-refractivity contribution >= 4 is 5.78 Å². The highest BCUT2D eigenvalue weighted by molar-refractivity contribution is 5.89. The Morgan fingerprint density at radius 3 is 2.68 bits per heavy atom. The van der Waals surface area contributed by atoms with E-state index in [0.29, 0.717) is 32.5 Å². The number of rotatable bonds is 5. The Bertz CT molecular complexity index is 436. The van der Waals surface area contributed by atoms with Crippen molar-refractivity contribution in [1.82, 2.24) is 0 Å². The SMILES string of the molecule is COc1cccc(CC(=O)C2(OC)CCOCC2)c1. The minimum absolute atomic E-state index is 0.117. The number of hydrogen-bond acceptors (Lipinski definition) is 4. The Balaban J connectivity index is 2.10. The molecule has 1 saturated heterocycles. The molecule has 0 aliphatic carbocycles. The minimum Gasteiger partial charge on any atom is -0.497 e. The summed E-state index contributed by atoms with van der Waals surface area (Å²) in [4.78, 5) is 12.5. The van der Waals surface area contributed by atoms with Gasteiger partial charge in [0.05, 0.1) is 7.11 Å². The second kappa shape index (κ2) is 6.17. The number of benzene rings is 1. The predicted molar refractivity (Wildman–Crippen MR) is 71.5 cm³/mol. The van der Waals surface area contributed by atoms with Crippen LogP contribution in [0, 0.1) is 0 Å². The number of ether oxygens (including phenoxy) is 3. The van der Waals surface area contributed by atoms with Gasteiger partial charge in [-0.15, -0.1) is 0 Å². The van der Waals surface area contributed by atoms with Gasteiger partial charge in [0.25, 0.3) is 0 Å². The molecule has 0 N–H and O–H groups in total. The zero-order valence-corrected chi connectivity index (χ0v) is 11.5. The van der Waals surface area contributed by atoms with Gasteiger partial charge >= 0.3 is 0 Å². The molecule has 0 saturated carbocycles. The molecule has 0 atom stereocenters. The fraction of sp³-hybridized carbons (Fsp3) is 0.533. The third kappa shape index (κ3) is 3.14. The topological polar surface area (TPSA) is 44.8 Å². The van der Waals surface area contributed by atoms with E-state index in [1.807, 2.05) is 24.3 Å². The van der Waals surface area contributed by atoms with Crippen LogP contribution in [0.5, 0.6) is 5.75 Å². The Kier molecular flexibility index (Phi) is 4.56. The molecule has 0 unspecified atom stereocenters. The lowest BCUT2D eigenvalue weighted by Crippen LogP contribution is -2.46. The van der Waals surface area contributed by atoms with Gasteiger partial charge in [-0.25, -0.2) is 0 Å². The van der Waals surface area contributed by atoms with Crippen LogP contribution in [-0.2, 0) is 20.7 Å². The molecule has 1 aliphatic heterocycles. The summed E-state index contributed by atoms with van der Waals surface area (Å²) in [5.41, 5.74) is 0.272. The lowest BCUT2D eigenvalue weighted by Gasteiger charge is -2.34. The van der Waals surface area contributed by atoms with Crippen LogP contribution in [0.25, 0.3) is 0 Å². The van der Waals surface area contributed by atoms with Crippen LogP contribution in [0.2, 0.25) is 0 Å². The van der Waals surface area contributed by atoms with Gasteiger partial charge in [0, 0.05) is 39.6 Å². The van der Waals surface area contributed by atoms with Gasteiger partial charge < -0.3 is 14.2 Å². The van der Waals surface area contributed by atoms with Crippen molar-refractivity contribution in [3.8, 4) is 5.75 Å². The molecule has 1 aliphatic rings. The average molecular weight is 264 g/mol. The number of hydrogen-bond donors (Lipinski definition) is 0. The van der Waals surface area contributed by atoms with E-state index >= 15 is 0 Å². The van der Waals surface area contributed by atoms with E-state index in [2.05, 4.69) is 0 Å². The van der Waals surface area contributed by atoms with E-state index in [1.54, 1.807) is 14.2 Å². The summed E-state index contributed by atoms with van der Waals surface area (Å²) < 4.78 is 16.0. The average Bonchev–Trinajstić information content (AvgIpc) is 2.48. The van der Waals surface area contributed by atoms with Crippen molar-refractivity contribution < 1.29 is 19.0 Å². The van der Waals surface area contributed by atoms with Gasteiger partial charge in [-0.3, -0.25) is 4.79 Å². The van der Waals surface area contributed by atoms with Crippen molar-refractivity contribution in [2.24, 2.45) is 0 Å². The highest BCUT2D eigenvalue weighted by Crippen LogP contribution is 2.27. The molecule has 1 aromatic carbocycles. The van der Waals surface area contributed by atoms with Crippen molar-refractivity contribution in [3.63, 3.8) is 0 Å². The van der Waals surface area contributed by atoms with Gasteiger partial charge in [-0.05, 0) is 17.7 Å². The van der Waals surface area contributed by atoms with Crippen LogP contribution in [0.1, 0.15) is 18.4 Å². The molecule has 1 heterocycles. The summed E-state index contributed by atoms with van der Waals surface area (Å²) in [6.45, 7) is 1.16. The van der Waals surface area contributed by atoms with Gasteiger partial charge in [-0.2, -0.15) is 0 Å². The molecule has 0 radical (unpaired) electrons. The summed E-state index contributed by atoms with van der Waals surface area (Å²) in [5.74, 6) is 0.885. The first-order chi connectivity index (χ1) is 9.20. The zero-order chi connectivity index (χ0) is 13.7. The highest BCUT2D eigenvalue weighted by atomic mass is 16.5. The van der Waals surface area contributed by atoms with Gasteiger partial charge in [0.1, 0.15) is 11.4 Å². The van der Waals surface area contributed by atoms with Crippen LogP contribution in [0.3, 0.4) is 0 Å². The maximum absolute atomic E-state index is 12.5. The smallest absolute Gasteiger partial charge is 0.169 e. The molecule has 4 nitrogen and oxygen atoms in total. The summed E-state index contributed by atoms with van der Waals surface area (Å²) in [7, 11) is 3.23. The maximum atomic E-state index is 12.5. The van der Waals surface area contributed by atoms with Crippen LogP contribution in [-0.4, -0.2) is 38.8 Å². The molecule has 19 heavy (non-hydrogen) atoms. The molecule has 104 valence electrons. The minimum atomic E-state index is -0.679. The first-order valence-corrected chi connectivity index (χ1v) is 6.49. The monoisotopic (exact) mass is 264 g/mol. The Labute approximate surface area is 113 Å². The van der Waals surface area contributed by atoms with Crippen molar-refractivity contribution in [1.29, 1.82) is 0 Å². The van der Waals surface area contributed by atoms with Crippen LogP contribution >= 0.6 is 0 Å². The quantitative estimate of drug-likeness (QED) is 0.816. The van der Waals surface area contributed by atoms with E-state index in [1.165, 1.54) is 0 Å². The number of carbonyl (C=O) groups is 1. The Morgan fingerprint density at radius 2 is 2.05 bits per heavy atom. The molecule has 0 amide bonds.